The quantitative estimate of drug-likeness (QED) is 0.515. The summed E-state index contributed by atoms with van der Waals surface area (Å²) in [6.45, 7) is 0.572. The molecule has 1 atom stereocenters. The Labute approximate surface area is 146 Å². The lowest BCUT2D eigenvalue weighted by molar-refractivity contribution is 0.456. The molecule has 0 aliphatic carbocycles. The van der Waals surface area contributed by atoms with Crippen molar-refractivity contribution in [3.8, 4) is 5.75 Å². The van der Waals surface area contributed by atoms with Gasteiger partial charge in [-0.15, -0.1) is 0 Å². The van der Waals surface area contributed by atoms with Crippen molar-refractivity contribution in [2.24, 2.45) is 0 Å². The Hall–Kier alpha value is -3.11. The summed E-state index contributed by atoms with van der Waals surface area (Å²) < 4.78 is 0. The van der Waals surface area contributed by atoms with E-state index in [0.29, 0.717) is 6.54 Å². The molecular weight excluding hydrogens is 310 g/mol. The van der Waals surface area contributed by atoms with Crippen LogP contribution in [0.1, 0.15) is 23.0 Å². The minimum atomic E-state index is -0.115. The van der Waals surface area contributed by atoms with E-state index in [1.165, 1.54) is 0 Å². The molecule has 0 saturated carbocycles. The third-order valence-electron chi connectivity index (χ3n) is 4.29. The lowest BCUT2D eigenvalue weighted by atomic mass is 9.98. The fraction of sp³-hybridized carbons (Fsp3) is 0.0952. The molecule has 0 radical (unpaired) electrons. The number of imidazole rings is 1. The highest BCUT2D eigenvalue weighted by Gasteiger charge is 2.17. The van der Waals surface area contributed by atoms with Crippen LogP contribution in [0.15, 0.2) is 78.9 Å². The summed E-state index contributed by atoms with van der Waals surface area (Å²) in [7, 11) is 0. The van der Waals surface area contributed by atoms with Gasteiger partial charge in [-0.3, -0.25) is 5.32 Å². The number of aromatic amines is 1. The number of rotatable bonds is 5. The highest BCUT2D eigenvalue weighted by atomic mass is 16.3. The molecule has 3 aromatic carbocycles. The minimum absolute atomic E-state index is 0.115. The molecule has 1 heterocycles. The molecule has 1 aromatic heterocycles. The Balaban J connectivity index is 1.63. The van der Waals surface area contributed by atoms with Crippen LogP contribution in [0.2, 0.25) is 0 Å². The first kappa shape index (κ1) is 15.4. The number of nitrogens with zero attached hydrogens (tertiary/aromatic N) is 1. The van der Waals surface area contributed by atoms with Gasteiger partial charge in [-0.1, -0.05) is 60.7 Å². The summed E-state index contributed by atoms with van der Waals surface area (Å²) in [5.41, 5.74) is 3.93. The minimum Gasteiger partial charge on any atom is -0.508 e. The molecule has 124 valence electrons. The van der Waals surface area contributed by atoms with Gasteiger partial charge in [0.25, 0.3) is 0 Å². The zero-order valence-corrected chi connectivity index (χ0v) is 13.7. The summed E-state index contributed by atoms with van der Waals surface area (Å²) in [4.78, 5) is 7.95. The van der Waals surface area contributed by atoms with Crippen molar-refractivity contribution in [2.45, 2.75) is 12.6 Å². The smallest absolute Gasteiger partial charge is 0.121 e. The van der Waals surface area contributed by atoms with Gasteiger partial charge in [-0.25, -0.2) is 4.98 Å². The van der Waals surface area contributed by atoms with Crippen LogP contribution in [0.4, 0.5) is 0 Å². The van der Waals surface area contributed by atoms with Crippen LogP contribution in [0.25, 0.3) is 11.0 Å². The van der Waals surface area contributed by atoms with Gasteiger partial charge in [0.2, 0.25) is 0 Å². The molecule has 4 heteroatoms. The molecule has 0 aliphatic heterocycles. The van der Waals surface area contributed by atoms with Crippen LogP contribution in [0, 0.1) is 0 Å². The maximum atomic E-state index is 10.3. The maximum absolute atomic E-state index is 10.3. The van der Waals surface area contributed by atoms with Crippen molar-refractivity contribution in [3.05, 3.63) is 95.8 Å². The number of nitrogens with one attached hydrogen (secondary N) is 2. The molecule has 0 fully saturated rings. The normalized spacial score (nSPS) is 12.3. The average molecular weight is 329 g/mol. The fourth-order valence-corrected chi connectivity index (χ4v) is 3.07. The summed E-state index contributed by atoms with van der Waals surface area (Å²) >= 11 is 0. The molecule has 4 nitrogen and oxygen atoms in total. The second-order valence-electron chi connectivity index (χ2n) is 5.98. The summed E-state index contributed by atoms with van der Waals surface area (Å²) in [6.07, 6.45) is 0. The van der Waals surface area contributed by atoms with E-state index in [-0.39, 0.29) is 11.8 Å². The van der Waals surface area contributed by atoms with Crippen LogP contribution >= 0.6 is 0 Å². The predicted octanol–water partition coefficient (Wildman–Crippen LogP) is 4.15. The Morgan fingerprint density at radius 3 is 2.40 bits per heavy atom. The van der Waals surface area contributed by atoms with E-state index >= 15 is 0 Å². The van der Waals surface area contributed by atoms with Crippen LogP contribution in [0.3, 0.4) is 0 Å². The Morgan fingerprint density at radius 2 is 1.60 bits per heavy atom. The fourth-order valence-electron chi connectivity index (χ4n) is 3.07. The third kappa shape index (κ3) is 3.25. The number of hydrogen-bond acceptors (Lipinski definition) is 3. The predicted molar refractivity (Wildman–Crippen MR) is 99.3 cm³/mol. The van der Waals surface area contributed by atoms with Gasteiger partial charge < -0.3 is 10.1 Å². The van der Waals surface area contributed by atoms with Crippen LogP contribution < -0.4 is 5.32 Å². The molecule has 0 aliphatic rings. The van der Waals surface area contributed by atoms with Gasteiger partial charge in [0.15, 0.2) is 0 Å². The van der Waals surface area contributed by atoms with Crippen molar-refractivity contribution in [2.75, 3.05) is 0 Å². The van der Waals surface area contributed by atoms with Gasteiger partial charge in [0.05, 0.1) is 23.6 Å². The van der Waals surface area contributed by atoms with E-state index in [1.54, 1.807) is 6.07 Å². The molecule has 25 heavy (non-hydrogen) atoms. The molecular formula is C21H19N3O. The van der Waals surface area contributed by atoms with Crippen molar-refractivity contribution in [3.63, 3.8) is 0 Å². The second kappa shape index (κ2) is 6.79. The highest BCUT2D eigenvalue weighted by molar-refractivity contribution is 5.74. The van der Waals surface area contributed by atoms with Crippen LogP contribution in [-0.4, -0.2) is 15.1 Å². The average Bonchev–Trinajstić information content (AvgIpc) is 3.07. The van der Waals surface area contributed by atoms with Gasteiger partial charge in [-0.2, -0.15) is 0 Å². The summed E-state index contributed by atoms with van der Waals surface area (Å²) in [5.74, 6) is 1.16. The molecule has 3 N–H and O–H groups in total. The maximum Gasteiger partial charge on any atom is 0.121 e. The van der Waals surface area contributed by atoms with E-state index in [0.717, 1.165) is 28.0 Å². The van der Waals surface area contributed by atoms with Crippen molar-refractivity contribution >= 4 is 11.0 Å². The van der Waals surface area contributed by atoms with E-state index in [9.17, 15) is 5.11 Å². The lowest BCUT2D eigenvalue weighted by Crippen LogP contribution is -2.22. The first-order valence-electron chi connectivity index (χ1n) is 8.31. The number of hydrogen-bond donors (Lipinski definition) is 3. The van der Waals surface area contributed by atoms with Gasteiger partial charge in [0, 0.05) is 5.56 Å². The monoisotopic (exact) mass is 329 g/mol. The van der Waals surface area contributed by atoms with E-state index in [2.05, 4.69) is 27.4 Å². The molecule has 0 amide bonds. The van der Waals surface area contributed by atoms with Crippen molar-refractivity contribution in [1.82, 2.24) is 15.3 Å². The van der Waals surface area contributed by atoms with E-state index in [1.807, 2.05) is 60.7 Å². The Bertz CT molecular complexity index is 946. The number of para-hydroxylation sites is 3. The van der Waals surface area contributed by atoms with E-state index < -0.39 is 0 Å². The number of aromatic nitrogens is 2. The number of fused-ring (bicyclic) bond motifs is 1. The standard InChI is InChI=1S/C21H19N3O/c25-19-13-7-4-10-16(19)21(15-8-2-1-3-9-15)22-14-20-23-17-11-5-6-12-18(17)24-20/h1-13,21-22,25H,14H2,(H,23,24). The molecule has 4 aromatic rings. The molecule has 1 unspecified atom stereocenters. The second-order valence-corrected chi connectivity index (χ2v) is 5.98. The van der Waals surface area contributed by atoms with E-state index in [4.69, 9.17) is 0 Å². The topological polar surface area (TPSA) is 60.9 Å². The molecule has 4 rings (SSSR count). The zero-order valence-electron chi connectivity index (χ0n) is 13.7. The summed E-state index contributed by atoms with van der Waals surface area (Å²) in [5, 5.41) is 13.8. The summed E-state index contributed by atoms with van der Waals surface area (Å²) in [6, 6.07) is 25.4. The number of H-pyrrole nitrogens is 1. The van der Waals surface area contributed by atoms with Crippen molar-refractivity contribution < 1.29 is 5.11 Å². The number of phenols is 1. The first-order chi connectivity index (χ1) is 12.3. The van der Waals surface area contributed by atoms with Crippen LogP contribution in [-0.2, 0) is 6.54 Å². The third-order valence-corrected chi connectivity index (χ3v) is 4.29. The van der Waals surface area contributed by atoms with Gasteiger partial charge >= 0.3 is 0 Å². The lowest BCUT2D eigenvalue weighted by Gasteiger charge is -2.20. The molecule has 0 bridgehead atoms. The SMILES string of the molecule is Oc1ccccc1C(NCc1nc2ccccc2[nH]1)c1ccccc1. The van der Waals surface area contributed by atoms with Gasteiger partial charge in [-0.05, 0) is 23.8 Å². The Morgan fingerprint density at radius 1 is 0.880 bits per heavy atom. The first-order valence-corrected chi connectivity index (χ1v) is 8.31. The number of aromatic hydroxyl groups is 1. The van der Waals surface area contributed by atoms with Crippen molar-refractivity contribution in [1.29, 1.82) is 0 Å². The number of phenolic OH excluding ortho intramolecular Hbond substituents is 1. The highest BCUT2D eigenvalue weighted by Crippen LogP contribution is 2.29. The largest absolute Gasteiger partial charge is 0.508 e. The van der Waals surface area contributed by atoms with Gasteiger partial charge in [0.1, 0.15) is 11.6 Å². The van der Waals surface area contributed by atoms with Crippen LogP contribution in [0.5, 0.6) is 5.75 Å². The molecule has 0 spiro atoms. The Kier molecular flexibility index (Phi) is 4.19. The zero-order chi connectivity index (χ0) is 17.1. The number of benzene rings is 3. The molecule has 0 saturated heterocycles.